The molecule has 1 fully saturated rings. The summed E-state index contributed by atoms with van der Waals surface area (Å²) in [6, 6.07) is 2.28. The molecule has 5 heteroatoms. The molecule has 0 unspecified atom stereocenters. The van der Waals surface area contributed by atoms with E-state index in [0.29, 0.717) is 11.2 Å². The summed E-state index contributed by atoms with van der Waals surface area (Å²) in [4.78, 5) is 18.7. The summed E-state index contributed by atoms with van der Waals surface area (Å²) < 4.78 is 0. The molecule has 0 aromatic carbocycles. The van der Waals surface area contributed by atoms with Crippen LogP contribution in [-0.4, -0.2) is 28.3 Å². The number of hydrogen-bond donors (Lipinski definition) is 2. The molecule has 0 amide bonds. The highest BCUT2D eigenvalue weighted by Crippen LogP contribution is 2.20. The number of hydrogen-bond acceptors (Lipinski definition) is 4. The third-order valence-electron chi connectivity index (χ3n) is 2.91. The highest BCUT2D eigenvalue weighted by molar-refractivity contribution is 7.99. The van der Waals surface area contributed by atoms with Gasteiger partial charge in [-0.05, 0) is 19.3 Å². The molecule has 0 spiro atoms. The van der Waals surface area contributed by atoms with E-state index >= 15 is 0 Å². The fourth-order valence-corrected chi connectivity index (χ4v) is 2.53. The van der Waals surface area contributed by atoms with Crippen molar-refractivity contribution in [3.8, 4) is 0 Å². The van der Waals surface area contributed by atoms with Gasteiger partial charge in [-0.3, -0.25) is 4.79 Å². The molecule has 1 aromatic rings. The van der Waals surface area contributed by atoms with Gasteiger partial charge in [-0.25, -0.2) is 4.98 Å². The molecule has 1 heterocycles. The second kappa shape index (κ2) is 6.91. The van der Waals surface area contributed by atoms with Crippen LogP contribution in [0, 0.1) is 0 Å². The van der Waals surface area contributed by atoms with Crippen molar-refractivity contribution in [3.05, 3.63) is 34.3 Å². The van der Waals surface area contributed by atoms with E-state index in [2.05, 4.69) is 28.8 Å². The molecule has 1 aliphatic carbocycles. The van der Waals surface area contributed by atoms with Crippen molar-refractivity contribution >= 4 is 11.8 Å². The average molecular weight is 279 g/mol. The van der Waals surface area contributed by atoms with Crippen molar-refractivity contribution in [3.63, 3.8) is 0 Å². The fraction of sp³-hybridized carbons (Fsp3) is 0.571. The predicted molar refractivity (Wildman–Crippen MR) is 79.7 cm³/mol. The zero-order chi connectivity index (χ0) is 13.7. The maximum Gasteiger partial charge on any atom is 0.251 e. The number of aromatic nitrogens is 2. The highest BCUT2D eigenvalue weighted by Gasteiger charge is 2.20. The van der Waals surface area contributed by atoms with Crippen LogP contribution in [0.2, 0.25) is 0 Å². The van der Waals surface area contributed by atoms with Crippen molar-refractivity contribution in [1.29, 1.82) is 0 Å². The van der Waals surface area contributed by atoms with Gasteiger partial charge in [0.1, 0.15) is 0 Å². The molecule has 1 aliphatic rings. The van der Waals surface area contributed by atoms with E-state index in [1.807, 2.05) is 0 Å². The van der Waals surface area contributed by atoms with Crippen LogP contribution in [0.5, 0.6) is 0 Å². The number of nitrogens with one attached hydrogen (secondary N) is 2. The Labute approximate surface area is 118 Å². The van der Waals surface area contributed by atoms with Gasteiger partial charge in [0.05, 0.1) is 0 Å². The molecule has 1 aromatic heterocycles. The normalized spacial score (nSPS) is 14.6. The Kier molecular flexibility index (Phi) is 5.22. The molecular weight excluding hydrogens is 258 g/mol. The summed E-state index contributed by atoms with van der Waals surface area (Å²) in [7, 11) is 0. The molecule has 1 saturated carbocycles. The van der Waals surface area contributed by atoms with E-state index in [0.717, 1.165) is 36.4 Å². The third kappa shape index (κ3) is 5.20. The highest BCUT2D eigenvalue weighted by atomic mass is 32.2. The molecule has 0 atom stereocenters. The first kappa shape index (κ1) is 14.3. The molecule has 19 heavy (non-hydrogen) atoms. The molecule has 0 bridgehead atoms. The van der Waals surface area contributed by atoms with Gasteiger partial charge in [0.25, 0.3) is 5.56 Å². The van der Waals surface area contributed by atoms with E-state index in [4.69, 9.17) is 0 Å². The van der Waals surface area contributed by atoms with Gasteiger partial charge in [0.15, 0.2) is 5.16 Å². The lowest BCUT2D eigenvalue weighted by Crippen LogP contribution is -2.19. The zero-order valence-corrected chi connectivity index (χ0v) is 12.2. The molecule has 0 aliphatic heterocycles. The van der Waals surface area contributed by atoms with Crippen molar-refractivity contribution in [2.24, 2.45) is 0 Å². The van der Waals surface area contributed by atoms with Crippen molar-refractivity contribution < 1.29 is 0 Å². The Morgan fingerprint density at radius 1 is 1.63 bits per heavy atom. The number of aryl methyl sites for hydroxylation is 1. The molecule has 0 radical (unpaired) electrons. The third-order valence-corrected chi connectivity index (χ3v) is 3.93. The Balaban J connectivity index is 1.83. The van der Waals surface area contributed by atoms with E-state index < -0.39 is 0 Å². The Hall–Kier alpha value is -1.07. The monoisotopic (exact) mass is 279 g/mol. The van der Waals surface area contributed by atoms with Gasteiger partial charge >= 0.3 is 0 Å². The Morgan fingerprint density at radius 2 is 2.42 bits per heavy atom. The molecule has 4 nitrogen and oxygen atoms in total. The van der Waals surface area contributed by atoms with Crippen LogP contribution in [0.1, 0.15) is 31.9 Å². The van der Waals surface area contributed by atoms with Gasteiger partial charge in [-0.1, -0.05) is 37.3 Å². The Bertz CT molecular complexity index is 494. The number of nitrogens with zero attached hydrogens (tertiary/aromatic N) is 1. The number of H-pyrrole nitrogens is 1. The molecule has 104 valence electrons. The lowest BCUT2D eigenvalue weighted by atomic mass is 10.2. The van der Waals surface area contributed by atoms with Gasteiger partial charge < -0.3 is 10.3 Å². The van der Waals surface area contributed by atoms with Crippen LogP contribution in [-0.2, 0) is 6.42 Å². The van der Waals surface area contributed by atoms with Crippen LogP contribution < -0.4 is 10.9 Å². The summed E-state index contributed by atoms with van der Waals surface area (Å²) >= 11 is 1.55. The SMILES string of the molecule is C=C(CNC1CC1)CSc1nc(CCC)cc(=O)[nH]1. The van der Waals surface area contributed by atoms with E-state index in [1.54, 1.807) is 17.8 Å². The van der Waals surface area contributed by atoms with Gasteiger partial charge in [0.2, 0.25) is 0 Å². The largest absolute Gasteiger partial charge is 0.310 e. The Morgan fingerprint density at radius 3 is 3.11 bits per heavy atom. The van der Waals surface area contributed by atoms with Gasteiger partial charge in [0, 0.05) is 30.1 Å². The quantitative estimate of drug-likeness (QED) is 0.435. The predicted octanol–water partition coefficient (Wildman–Crippen LogP) is 2.12. The van der Waals surface area contributed by atoms with Crippen molar-refractivity contribution in [1.82, 2.24) is 15.3 Å². The number of aromatic amines is 1. The first-order chi connectivity index (χ1) is 9.17. The van der Waals surface area contributed by atoms with Crippen LogP contribution >= 0.6 is 11.8 Å². The smallest absolute Gasteiger partial charge is 0.251 e. The minimum absolute atomic E-state index is 0.0670. The van der Waals surface area contributed by atoms with E-state index in [-0.39, 0.29) is 5.56 Å². The van der Waals surface area contributed by atoms with Gasteiger partial charge in [-0.2, -0.15) is 0 Å². The summed E-state index contributed by atoms with van der Waals surface area (Å²) in [6.07, 6.45) is 4.42. The van der Waals surface area contributed by atoms with Gasteiger partial charge in [-0.15, -0.1) is 0 Å². The first-order valence-electron chi connectivity index (χ1n) is 6.80. The lowest BCUT2D eigenvalue weighted by Gasteiger charge is -2.07. The summed E-state index contributed by atoms with van der Waals surface area (Å²) in [5.74, 6) is 0.790. The van der Waals surface area contributed by atoms with Crippen molar-refractivity contribution in [2.45, 2.75) is 43.8 Å². The minimum atomic E-state index is -0.0670. The summed E-state index contributed by atoms with van der Waals surface area (Å²) in [6.45, 7) is 6.99. The number of rotatable bonds is 8. The molecule has 0 saturated heterocycles. The van der Waals surface area contributed by atoms with Crippen LogP contribution in [0.4, 0.5) is 0 Å². The molecule has 2 N–H and O–H groups in total. The van der Waals surface area contributed by atoms with E-state index in [9.17, 15) is 4.79 Å². The fourth-order valence-electron chi connectivity index (χ4n) is 1.73. The molecular formula is C14H21N3OS. The topological polar surface area (TPSA) is 57.8 Å². The second-order valence-corrected chi connectivity index (χ2v) is 5.95. The van der Waals surface area contributed by atoms with E-state index in [1.165, 1.54) is 12.8 Å². The van der Waals surface area contributed by atoms with Crippen LogP contribution in [0.3, 0.4) is 0 Å². The molecule has 2 rings (SSSR count). The first-order valence-corrected chi connectivity index (χ1v) is 7.79. The maximum atomic E-state index is 11.5. The summed E-state index contributed by atoms with van der Waals surface area (Å²) in [5, 5.41) is 4.13. The maximum absolute atomic E-state index is 11.5. The van der Waals surface area contributed by atoms with Crippen molar-refractivity contribution in [2.75, 3.05) is 12.3 Å². The second-order valence-electron chi connectivity index (χ2n) is 4.99. The summed E-state index contributed by atoms with van der Waals surface area (Å²) in [5.41, 5.74) is 1.94. The van der Waals surface area contributed by atoms with Crippen LogP contribution in [0.15, 0.2) is 28.2 Å². The van der Waals surface area contributed by atoms with Crippen LogP contribution in [0.25, 0.3) is 0 Å². The number of thioether (sulfide) groups is 1. The lowest BCUT2D eigenvalue weighted by molar-refractivity contribution is 0.735. The minimum Gasteiger partial charge on any atom is -0.310 e. The zero-order valence-electron chi connectivity index (χ0n) is 11.4. The standard InChI is InChI=1S/C14H21N3OS/c1-3-4-12-7-13(18)17-14(16-12)19-9-10(2)8-15-11-5-6-11/h7,11,15H,2-6,8-9H2,1H3,(H,16,17,18). The average Bonchev–Trinajstić information content (AvgIpc) is 3.18.